The second kappa shape index (κ2) is 6.64. The number of hydrogen-bond acceptors (Lipinski definition) is 4. The SMILES string of the molecule is CCC(N)CSC1=Nc2ccccc2SC1CC. The van der Waals surface area contributed by atoms with Crippen LogP contribution in [0.1, 0.15) is 26.7 Å². The van der Waals surface area contributed by atoms with Crippen molar-refractivity contribution in [1.82, 2.24) is 0 Å². The van der Waals surface area contributed by atoms with Crippen LogP contribution in [0.15, 0.2) is 34.2 Å². The Morgan fingerprint density at radius 1 is 1.39 bits per heavy atom. The van der Waals surface area contributed by atoms with Gasteiger partial charge in [-0.2, -0.15) is 0 Å². The van der Waals surface area contributed by atoms with Crippen LogP contribution in [-0.2, 0) is 0 Å². The van der Waals surface area contributed by atoms with Gasteiger partial charge in [0, 0.05) is 16.7 Å². The van der Waals surface area contributed by atoms with Crippen LogP contribution in [0.5, 0.6) is 0 Å². The van der Waals surface area contributed by atoms with E-state index < -0.39 is 0 Å². The van der Waals surface area contributed by atoms with Crippen LogP contribution in [0, 0.1) is 0 Å². The summed E-state index contributed by atoms with van der Waals surface area (Å²) in [5.41, 5.74) is 7.10. The molecule has 1 aliphatic rings. The molecule has 1 aliphatic heterocycles. The summed E-state index contributed by atoms with van der Waals surface area (Å²) in [5.74, 6) is 0.967. The number of thioether (sulfide) groups is 2. The van der Waals surface area contributed by atoms with Crippen molar-refractivity contribution < 1.29 is 0 Å². The number of para-hydroxylation sites is 1. The summed E-state index contributed by atoms with van der Waals surface area (Å²) in [5, 5.41) is 1.74. The first-order valence-corrected chi connectivity index (χ1v) is 8.33. The number of hydrogen-bond donors (Lipinski definition) is 1. The topological polar surface area (TPSA) is 38.4 Å². The van der Waals surface area contributed by atoms with Crippen molar-refractivity contribution in [3.8, 4) is 0 Å². The molecular weight excluding hydrogens is 260 g/mol. The highest BCUT2D eigenvalue weighted by Gasteiger charge is 2.22. The van der Waals surface area contributed by atoms with E-state index in [9.17, 15) is 0 Å². The number of fused-ring (bicyclic) bond motifs is 1. The minimum absolute atomic E-state index is 0.275. The Labute approximate surface area is 118 Å². The zero-order valence-electron chi connectivity index (χ0n) is 10.9. The number of nitrogens with zero attached hydrogens (tertiary/aromatic N) is 1. The van der Waals surface area contributed by atoms with Gasteiger partial charge < -0.3 is 5.73 Å². The monoisotopic (exact) mass is 280 g/mol. The van der Waals surface area contributed by atoms with Gasteiger partial charge in [0.05, 0.1) is 16.0 Å². The van der Waals surface area contributed by atoms with Gasteiger partial charge >= 0.3 is 0 Å². The summed E-state index contributed by atoms with van der Waals surface area (Å²) < 4.78 is 0. The molecule has 0 saturated carbocycles. The van der Waals surface area contributed by atoms with Gasteiger partial charge in [-0.15, -0.1) is 23.5 Å². The summed E-state index contributed by atoms with van der Waals surface area (Å²) in [4.78, 5) is 6.11. The highest BCUT2D eigenvalue weighted by atomic mass is 32.2. The van der Waals surface area contributed by atoms with Gasteiger partial charge in [0.15, 0.2) is 0 Å². The lowest BCUT2D eigenvalue weighted by atomic mass is 10.3. The summed E-state index contributed by atoms with van der Waals surface area (Å²) in [6.07, 6.45) is 2.15. The number of rotatable bonds is 4. The largest absolute Gasteiger partial charge is 0.327 e. The first-order chi connectivity index (χ1) is 8.74. The van der Waals surface area contributed by atoms with E-state index in [1.165, 1.54) is 9.94 Å². The molecule has 2 N–H and O–H groups in total. The van der Waals surface area contributed by atoms with Crippen molar-refractivity contribution in [2.45, 2.75) is 42.9 Å². The lowest BCUT2D eigenvalue weighted by molar-refractivity contribution is 0.726. The van der Waals surface area contributed by atoms with E-state index in [-0.39, 0.29) is 6.04 Å². The predicted molar refractivity (Wildman–Crippen MR) is 84.2 cm³/mol. The standard InChI is InChI=1S/C14H20N2S2/c1-3-10(15)9-17-14-12(4-2)18-13-8-6-5-7-11(13)16-14/h5-8,10,12H,3-4,9,15H2,1-2H3. The molecule has 98 valence electrons. The molecule has 0 amide bonds. The zero-order valence-corrected chi connectivity index (χ0v) is 12.6. The Bertz CT molecular complexity index is 432. The molecule has 1 heterocycles. The maximum atomic E-state index is 5.99. The van der Waals surface area contributed by atoms with E-state index in [1.807, 2.05) is 23.5 Å². The molecule has 18 heavy (non-hydrogen) atoms. The lowest BCUT2D eigenvalue weighted by Crippen LogP contribution is -2.24. The molecule has 0 aromatic heterocycles. The highest BCUT2D eigenvalue weighted by Crippen LogP contribution is 2.41. The van der Waals surface area contributed by atoms with Crippen molar-refractivity contribution in [3.63, 3.8) is 0 Å². The quantitative estimate of drug-likeness (QED) is 0.903. The maximum absolute atomic E-state index is 5.99. The second-order valence-corrected chi connectivity index (χ2v) is 6.70. The van der Waals surface area contributed by atoms with Crippen molar-refractivity contribution >= 4 is 34.3 Å². The normalized spacial score (nSPS) is 20.2. The second-order valence-electron chi connectivity index (χ2n) is 4.41. The first kappa shape index (κ1) is 14.0. The van der Waals surface area contributed by atoms with Crippen molar-refractivity contribution in [2.75, 3.05) is 5.75 Å². The molecule has 0 fully saturated rings. The molecule has 0 radical (unpaired) electrons. The number of nitrogens with two attached hydrogens (primary N) is 1. The van der Waals surface area contributed by atoms with Crippen molar-refractivity contribution in [1.29, 1.82) is 0 Å². The van der Waals surface area contributed by atoms with Crippen LogP contribution in [0.25, 0.3) is 0 Å². The van der Waals surface area contributed by atoms with E-state index >= 15 is 0 Å². The van der Waals surface area contributed by atoms with E-state index in [0.29, 0.717) is 5.25 Å². The predicted octanol–water partition coefficient (Wildman–Crippen LogP) is 4.07. The molecule has 0 bridgehead atoms. The van der Waals surface area contributed by atoms with E-state index in [0.717, 1.165) is 24.3 Å². The zero-order chi connectivity index (χ0) is 13.0. The smallest absolute Gasteiger partial charge is 0.0873 e. The van der Waals surface area contributed by atoms with Gasteiger partial charge in [0.2, 0.25) is 0 Å². The third kappa shape index (κ3) is 3.31. The van der Waals surface area contributed by atoms with Crippen LogP contribution in [0.4, 0.5) is 5.69 Å². The van der Waals surface area contributed by atoms with Crippen molar-refractivity contribution in [3.05, 3.63) is 24.3 Å². The van der Waals surface area contributed by atoms with E-state index in [1.54, 1.807) is 0 Å². The van der Waals surface area contributed by atoms with E-state index in [4.69, 9.17) is 10.7 Å². The minimum atomic E-state index is 0.275. The third-order valence-corrected chi connectivity index (χ3v) is 5.84. The van der Waals surface area contributed by atoms with Crippen LogP contribution in [0.2, 0.25) is 0 Å². The van der Waals surface area contributed by atoms with Crippen LogP contribution >= 0.6 is 23.5 Å². The average molecular weight is 280 g/mol. The third-order valence-electron chi connectivity index (χ3n) is 2.98. The van der Waals surface area contributed by atoms with Crippen LogP contribution in [0.3, 0.4) is 0 Å². The van der Waals surface area contributed by atoms with Crippen LogP contribution in [-0.4, -0.2) is 22.1 Å². The highest BCUT2D eigenvalue weighted by molar-refractivity contribution is 8.16. The molecular formula is C14H20N2S2. The van der Waals surface area contributed by atoms with Gasteiger partial charge in [0.1, 0.15) is 0 Å². The Morgan fingerprint density at radius 2 is 2.17 bits per heavy atom. The summed E-state index contributed by atoms with van der Waals surface area (Å²) in [7, 11) is 0. The average Bonchev–Trinajstić information content (AvgIpc) is 2.43. The number of benzene rings is 1. The molecule has 2 unspecified atom stereocenters. The first-order valence-electron chi connectivity index (χ1n) is 6.47. The molecule has 2 rings (SSSR count). The fraction of sp³-hybridized carbons (Fsp3) is 0.500. The molecule has 2 nitrogen and oxygen atoms in total. The molecule has 1 aromatic rings. The fourth-order valence-corrected chi connectivity index (χ4v) is 4.24. The summed E-state index contributed by atoms with van der Waals surface area (Å²) in [6, 6.07) is 8.66. The molecule has 0 saturated heterocycles. The van der Waals surface area contributed by atoms with E-state index in [2.05, 4.69) is 38.1 Å². The molecule has 0 spiro atoms. The Kier molecular flexibility index (Phi) is 5.15. The van der Waals surface area contributed by atoms with Gasteiger partial charge in [0.25, 0.3) is 0 Å². The molecule has 1 aromatic carbocycles. The number of aliphatic imine (C=N–C) groups is 1. The Hall–Kier alpha value is -0.450. The summed E-state index contributed by atoms with van der Waals surface area (Å²) in [6.45, 7) is 4.36. The Balaban J connectivity index is 2.14. The van der Waals surface area contributed by atoms with Gasteiger partial charge in [-0.3, -0.25) is 0 Å². The molecule has 0 aliphatic carbocycles. The van der Waals surface area contributed by atoms with Gasteiger partial charge in [-0.1, -0.05) is 26.0 Å². The van der Waals surface area contributed by atoms with Gasteiger partial charge in [-0.25, -0.2) is 4.99 Å². The Morgan fingerprint density at radius 3 is 2.89 bits per heavy atom. The molecule has 2 atom stereocenters. The van der Waals surface area contributed by atoms with Gasteiger partial charge in [-0.05, 0) is 25.0 Å². The maximum Gasteiger partial charge on any atom is 0.0873 e. The fourth-order valence-electron chi connectivity index (χ4n) is 1.74. The van der Waals surface area contributed by atoms with Crippen LogP contribution < -0.4 is 5.73 Å². The van der Waals surface area contributed by atoms with Crippen molar-refractivity contribution in [2.24, 2.45) is 10.7 Å². The lowest BCUT2D eigenvalue weighted by Gasteiger charge is -2.23. The summed E-state index contributed by atoms with van der Waals surface area (Å²) >= 11 is 3.76. The minimum Gasteiger partial charge on any atom is -0.327 e. The molecule has 4 heteroatoms.